The highest BCUT2D eigenvalue weighted by atomic mass is 16.6. The van der Waals surface area contributed by atoms with E-state index in [1.54, 1.807) is 11.0 Å². The van der Waals surface area contributed by atoms with E-state index in [1.165, 1.54) is 0 Å². The van der Waals surface area contributed by atoms with Gasteiger partial charge in [-0.25, -0.2) is 4.79 Å². The lowest BCUT2D eigenvalue weighted by atomic mass is 9.98. The average molecular weight is 291 g/mol. The van der Waals surface area contributed by atoms with Crippen molar-refractivity contribution in [2.45, 2.75) is 45.6 Å². The van der Waals surface area contributed by atoms with Crippen molar-refractivity contribution >= 4 is 17.7 Å². The zero-order valence-corrected chi connectivity index (χ0v) is 12.7. The van der Waals surface area contributed by atoms with Crippen molar-refractivity contribution in [2.24, 2.45) is 0 Å². The maximum absolute atomic E-state index is 12.2. The minimum atomic E-state index is -0.852. The molecular formula is C16H21NO4. The second kappa shape index (κ2) is 5.76. The molecule has 0 atom stereocenters. The van der Waals surface area contributed by atoms with Crippen molar-refractivity contribution in [3.63, 3.8) is 0 Å². The first kappa shape index (κ1) is 15.4. The summed E-state index contributed by atoms with van der Waals surface area (Å²) in [5.41, 5.74) is 2.06. The van der Waals surface area contributed by atoms with E-state index < -0.39 is 11.6 Å². The number of hydrogen-bond donors (Lipinski definition) is 1. The van der Waals surface area contributed by atoms with Gasteiger partial charge in [0.25, 0.3) is 0 Å². The Morgan fingerprint density at radius 2 is 2.05 bits per heavy atom. The number of nitrogens with zero attached hydrogens (tertiary/aromatic N) is 1. The van der Waals surface area contributed by atoms with Crippen LogP contribution in [0.2, 0.25) is 0 Å². The predicted molar refractivity (Wildman–Crippen MR) is 79.7 cm³/mol. The van der Waals surface area contributed by atoms with Gasteiger partial charge in [0.1, 0.15) is 5.60 Å². The number of carboxylic acid groups (broad SMARTS) is 1. The van der Waals surface area contributed by atoms with Gasteiger partial charge in [0, 0.05) is 6.54 Å². The number of hydrogen-bond acceptors (Lipinski definition) is 3. The molecule has 5 heteroatoms. The summed E-state index contributed by atoms with van der Waals surface area (Å²) in [6.07, 6.45) is 1.35. The molecule has 21 heavy (non-hydrogen) atoms. The number of carbonyl (C=O) groups excluding carboxylic acids is 1. The van der Waals surface area contributed by atoms with Gasteiger partial charge in [0.15, 0.2) is 0 Å². The van der Waals surface area contributed by atoms with Gasteiger partial charge in [0.2, 0.25) is 0 Å². The molecule has 1 aliphatic heterocycles. The van der Waals surface area contributed by atoms with Crippen molar-refractivity contribution < 1.29 is 19.4 Å². The zero-order valence-electron chi connectivity index (χ0n) is 12.7. The fraction of sp³-hybridized carbons (Fsp3) is 0.500. The fourth-order valence-corrected chi connectivity index (χ4v) is 2.44. The van der Waals surface area contributed by atoms with E-state index in [-0.39, 0.29) is 12.5 Å². The van der Waals surface area contributed by atoms with Gasteiger partial charge in [-0.2, -0.15) is 0 Å². The largest absolute Gasteiger partial charge is 0.481 e. The number of rotatable bonds is 2. The topological polar surface area (TPSA) is 66.8 Å². The minimum absolute atomic E-state index is 0.000280. The molecule has 0 aliphatic carbocycles. The number of anilines is 1. The molecule has 5 nitrogen and oxygen atoms in total. The molecule has 114 valence electrons. The summed E-state index contributed by atoms with van der Waals surface area (Å²) in [5, 5.41) is 8.85. The van der Waals surface area contributed by atoms with Crippen molar-refractivity contribution in [1.82, 2.24) is 0 Å². The van der Waals surface area contributed by atoms with Crippen LogP contribution in [0.1, 0.15) is 38.3 Å². The van der Waals surface area contributed by atoms with Gasteiger partial charge in [-0.3, -0.25) is 9.69 Å². The molecule has 0 aromatic heterocycles. The van der Waals surface area contributed by atoms with Crippen LogP contribution in [0, 0.1) is 0 Å². The third kappa shape index (κ3) is 3.97. The Labute approximate surface area is 124 Å². The van der Waals surface area contributed by atoms with Crippen molar-refractivity contribution in [3.8, 4) is 0 Å². The molecule has 1 aromatic carbocycles. The second-order valence-corrected chi connectivity index (χ2v) is 6.27. The molecule has 1 amide bonds. The maximum atomic E-state index is 12.2. The number of amides is 1. The normalized spacial score (nSPS) is 14.5. The molecule has 2 rings (SSSR count). The number of aliphatic carboxylic acids is 1. The van der Waals surface area contributed by atoms with Crippen LogP contribution in [0.25, 0.3) is 0 Å². The standard InChI is InChI=1S/C16H21NO4/c1-16(2,3)21-15(20)17-8-4-5-12-9-11(10-14(18)19)6-7-13(12)17/h6-7,9H,4-5,8,10H2,1-3H3,(H,18,19). The fourth-order valence-electron chi connectivity index (χ4n) is 2.44. The summed E-state index contributed by atoms with van der Waals surface area (Å²) < 4.78 is 5.42. The number of carbonyl (C=O) groups is 2. The smallest absolute Gasteiger partial charge is 0.414 e. The van der Waals surface area contributed by atoms with Gasteiger partial charge in [-0.1, -0.05) is 12.1 Å². The average Bonchev–Trinajstić information content (AvgIpc) is 2.34. The summed E-state index contributed by atoms with van der Waals surface area (Å²) in [4.78, 5) is 24.7. The highest BCUT2D eigenvalue weighted by molar-refractivity contribution is 5.89. The highest BCUT2D eigenvalue weighted by Crippen LogP contribution is 2.29. The van der Waals surface area contributed by atoms with Gasteiger partial charge in [-0.05, 0) is 50.8 Å². The van der Waals surface area contributed by atoms with E-state index in [0.717, 1.165) is 29.7 Å². The summed E-state index contributed by atoms with van der Waals surface area (Å²) in [5.74, 6) is -0.852. The lowest BCUT2D eigenvalue weighted by Crippen LogP contribution is -2.39. The van der Waals surface area contributed by atoms with E-state index in [1.807, 2.05) is 32.9 Å². The molecule has 0 saturated heterocycles. The molecule has 0 radical (unpaired) electrons. The van der Waals surface area contributed by atoms with E-state index in [2.05, 4.69) is 0 Å². The number of ether oxygens (including phenoxy) is 1. The molecule has 1 aromatic rings. The first-order valence-electron chi connectivity index (χ1n) is 7.10. The SMILES string of the molecule is CC(C)(C)OC(=O)N1CCCc2cc(CC(=O)O)ccc21. The maximum Gasteiger partial charge on any atom is 0.414 e. The first-order valence-corrected chi connectivity index (χ1v) is 7.10. The van der Waals surface area contributed by atoms with E-state index >= 15 is 0 Å². The van der Waals surface area contributed by atoms with Gasteiger partial charge >= 0.3 is 12.1 Å². The van der Waals surface area contributed by atoms with Crippen LogP contribution in [-0.2, 0) is 22.4 Å². The summed E-state index contributed by atoms with van der Waals surface area (Å²) >= 11 is 0. The molecule has 1 aliphatic rings. The molecule has 0 fully saturated rings. The van der Waals surface area contributed by atoms with E-state index in [0.29, 0.717) is 6.54 Å². The third-order valence-corrected chi connectivity index (χ3v) is 3.23. The third-order valence-electron chi connectivity index (χ3n) is 3.23. The van der Waals surface area contributed by atoms with Crippen LogP contribution in [-0.4, -0.2) is 29.3 Å². The Balaban J connectivity index is 2.23. The van der Waals surface area contributed by atoms with Crippen LogP contribution in [0.15, 0.2) is 18.2 Å². The Kier molecular flexibility index (Phi) is 4.21. The Morgan fingerprint density at radius 1 is 1.33 bits per heavy atom. The van der Waals surface area contributed by atoms with Crippen molar-refractivity contribution in [2.75, 3.05) is 11.4 Å². The van der Waals surface area contributed by atoms with Crippen LogP contribution < -0.4 is 4.90 Å². The van der Waals surface area contributed by atoms with Crippen LogP contribution in [0.4, 0.5) is 10.5 Å². The van der Waals surface area contributed by atoms with Crippen LogP contribution >= 0.6 is 0 Å². The van der Waals surface area contributed by atoms with Crippen LogP contribution in [0.5, 0.6) is 0 Å². The highest BCUT2D eigenvalue weighted by Gasteiger charge is 2.27. The number of benzene rings is 1. The summed E-state index contributed by atoms with van der Waals surface area (Å²) in [7, 11) is 0. The van der Waals surface area contributed by atoms with Crippen molar-refractivity contribution in [1.29, 1.82) is 0 Å². The molecule has 0 bridgehead atoms. The first-order chi connectivity index (χ1) is 9.76. The molecule has 0 spiro atoms. The van der Waals surface area contributed by atoms with Gasteiger partial charge in [0.05, 0.1) is 12.1 Å². The monoisotopic (exact) mass is 291 g/mol. The Bertz CT molecular complexity index is 560. The predicted octanol–water partition coefficient (Wildman–Crippen LogP) is 3.00. The Morgan fingerprint density at radius 3 is 2.67 bits per heavy atom. The molecule has 0 unspecified atom stereocenters. The van der Waals surface area contributed by atoms with Gasteiger partial charge < -0.3 is 9.84 Å². The lowest BCUT2D eigenvalue weighted by Gasteiger charge is -2.31. The molecule has 1 heterocycles. The number of carboxylic acids is 1. The zero-order chi connectivity index (χ0) is 15.6. The second-order valence-electron chi connectivity index (χ2n) is 6.27. The Hall–Kier alpha value is -2.04. The minimum Gasteiger partial charge on any atom is -0.481 e. The lowest BCUT2D eigenvalue weighted by molar-refractivity contribution is -0.136. The number of fused-ring (bicyclic) bond motifs is 1. The number of aryl methyl sites for hydroxylation is 1. The molecule has 1 N–H and O–H groups in total. The summed E-state index contributed by atoms with van der Waals surface area (Å²) in [6.45, 7) is 6.14. The van der Waals surface area contributed by atoms with E-state index in [9.17, 15) is 9.59 Å². The van der Waals surface area contributed by atoms with Gasteiger partial charge in [-0.15, -0.1) is 0 Å². The van der Waals surface area contributed by atoms with E-state index in [4.69, 9.17) is 9.84 Å². The molecule has 0 saturated carbocycles. The quantitative estimate of drug-likeness (QED) is 0.909. The summed E-state index contributed by atoms with van der Waals surface area (Å²) in [6, 6.07) is 5.45. The molecular weight excluding hydrogens is 270 g/mol. The van der Waals surface area contributed by atoms with Crippen molar-refractivity contribution in [3.05, 3.63) is 29.3 Å². The van der Waals surface area contributed by atoms with Crippen LogP contribution in [0.3, 0.4) is 0 Å².